The summed E-state index contributed by atoms with van der Waals surface area (Å²) in [6, 6.07) is 8.23. The molecule has 1 aromatic rings. The monoisotopic (exact) mass is 193 g/mol. The van der Waals surface area contributed by atoms with E-state index in [4.69, 9.17) is 4.74 Å². The van der Waals surface area contributed by atoms with E-state index in [2.05, 4.69) is 11.4 Å². The van der Waals surface area contributed by atoms with Gasteiger partial charge in [0, 0.05) is 12.6 Å². The van der Waals surface area contributed by atoms with Crippen LogP contribution in [0.5, 0.6) is 5.75 Å². The maximum atomic E-state index is 9.39. The Kier molecular flexibility index (Phi) is 2.70. The van der Waals surface area contributed by atoms with E-state index in [-0.39, 0.29) is 12.1 Å². The Morgan fingerprint density at radius 2 is 2.36 bits per heavy atom. The van der Waals surface area contributed by atoms with Crippen LogP contribution in [0.25, 0.3) is 0 Å². The van der Waals surface area contributed by atoms with Crippen LogP contribution in [0.15, 0.2) is 24.3 Å². The molecule has 0 spiro atoms. The molecule has 1 aliphatic rings. The van der Waals surface area contributed by atoms with Gasteiger partial charge in [0.25, 0.3) is 0 Å². The topological polar surface area (TPSA) is 41.5 Å². The minimum absolute atomic E-state index is 0.216. The van der Waals surface area contributed by atoms with Gasteiger partial charge in [-0.1, -0.05) is 12.1 Å². The molecule has 2 N–H and O–H groups in total. The van der Waals surface area contributed by atoms with Gasteiger partial charge in [-0.3, -0.25) is 0 Å². The van der Waals surface area contributed by atoms with E-state index in [0.717, 1.165) is 12.2 Å². The normalized spacial score (nSPS) is 26.4. The summed E-state index contributed by atoms with van der Waals surface area (Å²) in [5, 5.41) is 12.7. The van der Waals surface area contributed by atoms with Crippen molar-refractivity contribution in [3.63, 3.8) is 0 Å². The van der Waals surface area contributed by atoms with Gasteiger partial charge in [-0.25, -0.2) is 0 Å². The largest absolute Gasteiger partial charge is 0.497 e. The van der Waals surface area contributed by atoms with Gasteiger partial charge in [-0.05, 0) is 24.1 Å². The SMILES string of the molecule is COc1cccc(C2CC(O)CN2)c1. The third-order valence-corrected chi connectivity index (χ3v) is 2.60. The average Bonchev–Trinajstić information content (AvgIpc) is 2.65. The standard InChI is InChI=1S/C11H15NO2/c1-14-10-4-2-3-8(5-10)11-6-9(13)7-12-11/h2-5,9,11-13H,6-7H2,1H3. The molecule has 2 unspecified atom stereocenters. The van der Waals surface area contributed by atoms with Gasteiger partial charge in [0.15, 0.2) is 0 Å². The molecule has 14 heavy (non-hydrogen) atoms. The second-order valence-corrected chi connectivity index (χ2v) is 3.63. The van der Waals surface area contributed by atoms with Crippen molar-refractivity contribution in [3.05, 3.63) is 29.8 Å². The smallest absolute Gasteiger partial charge is 0.119 e. The van der Waals surface area contributed by atoms with Crippen LogP contribution in [-0.4, -0.2) is 24.9 Å². The van der Waals surface area contributed by atoms with Crippen molar-refractivity contribution in [2.45, 2.75) is 18.6 Å². The maximum absolute atomic E-state index is 9.39. The number of benzene rings is 1. The quantitative estimate of drug-likeness (QED) is 0.738. The number of aliphatic hydroxyl groups excluding tert-OH is 1. The van der Waals surface area contributed by atoms with Gasteiger partial charge in [-0.2, -0.15) is 0 Å². The molecular formula is C11H15NO2. The lowest BCUT2D eigenvalue weighted by molar-refractivity contribution is 0.193. The molecule has 76 valence electrons. The molecule has 0 radical (unpaired) electrons. The van der Waals surface area contributed by atoms with Crippen molar-refractivity contribution in [3.8, 4) is 5.75 Å². The van der Waals surface area contributed by atoms with Gasteiger partial charge < -0.3 is 15.2 Å². The van der Waals surface area contributed by atoms with Crippen LogP contribution in [0.2, 0.25) is 0 Å². The van der Waals surface area contributed by atoms with Crippen LogP contribution in [-0.2, 0) is 0 Å². The minimum atomic E-state index is -0.216. The number of hydrogen-bond donors (Lipinski definition) is 2. The number of methoxy groups -OCH3 is 1. The highest BCUT2D eigenvalue weighted by atomic mass is 16.5. The molecule has 3 nitrogen and oxygen atoms in total. The highest BCUT2D eigenvalue weighted by Gasteiger charge is 2.23. The maximum Gasteiger partial charge on any atom is 0.119 e. The average molecular weight is 193 g/mol. The summed E-state index contributed by atoms with van der Waals surface area (Å²) in [6.07, 6.45) is 0.568. The van der Waals surface area contributed by atoms with Crippen molar-refractivity contribution in [2.75, 3.05) is 13.7 Å². The molecule has 1 fully saturated rings. The molecule has 0 aromatic heterocycles. The first-order valence-corrected chi connectivity index (χ1v) is 4.85. The lowest BCUT2D eigenvalue weighted by Gasteiger charge is -2.11. The number of aliphatic hydroxyl groups is 1. The van der Waals surface area contributed by atoms with Crippen molar-refractivity contribution in [1.29, 1.82) is 0 Å². The fourth-order valence-corrected chi connectivity index (χ4v) is 1.83. The Balaban J connectivity index is 2.15. The Morgan fingerprint density at radius 1 is 1.50 bits per heavy atom. The molecule has 1 heterocycles. The Hall–Kier alpha value is -1.06. The molecule has 0 saturated carbocycles. The van der Waals surface area contributed by atoms with E-state index in [1.54, 1.807) is 7.11 Å². The molecule has 0 aliphatic carbocycles. The molecule has 0 bridgehead atoms. The molecule has 1 aromatic carbocycles. The first-order chi connectivity index (χ1) is 6.79. The summed E-state index contributed by atoms with van der Waals surface area (Å²) in [5.74, 6) is 0.866. The van der Waals surface area contributed by atoms with E-state index in [0.29, 0.717) is 6.54 Å². The summed E-state index contributed by atoms with van der Waals surface area (Å²) in [5.41, 5.74) is 1.18. The lowest BCUT2D eigenvalue weighted by Crippen LogP contribution is -2.14. The van der Waals surface area contributed by atoms with Crippen LogP contribution in [0.4, 0.5) is 0 Å². The third kappa shape index (κ3) is 1.89. The van der Waals surface area contributed by atoms with E-state index in [1.165, 1.54) is 5.56 Å². The zero-order chi connectivity index (χ0) is 9.97. The van der Waals surface area contributed by atoms with Crippen LogP contribution in [0.3, 0.4) is 0 Å². The summed E-state index contributed by atoms with van der Waals surface area (Å²) < 4.78 is 5.15. The van der Waals surface area contributed by atoms with Gasteiger partial charge >= 0.3 is 0 Å². The molecule has 2 atom stereocenters. The summed E-state index contributed by atoms with van der Waals surface area (Å²) in [7, 11) is 1.66. The lowest BCUT2D eigenvalue weighted by atomic mass is 10.0. The zero-order valence-corrected chi connectivity index (χ0v) is 8.23. The first kappa shape index (κ1) is 9.49. The number of nitrogens with one attached hydrogen (secondary N) is 1. The van der Waals surface area contributed by atoms with Gasteiger partial charge in [-0.15, -0.1) is 0 Å². The van der Waals surface area contributed by atoms with E-state index in [9.17, 15) is 5.11 Å². The van der Waals surface area contributed by atoms with Crippen molar-refractivity contribution in [1.82, 2.24) is 5.32 Å². The summed E-state index contributed by atoms with van der Waals surface area (Å²) >= 11 is 0. The highest BCUT2D eigenvalue weighted by Crippen LogP contribution is 2.25. The van der Waals surface area contributed by atoms with E-state index >= 15 is 0 Å². The van der Waals surface area contributed by atoms with Crippen molar-refractivity contribution >= 4 is 0 Å². The second kappa shape index (κ2) is 3.98. The Morgan fingerprint density at radius 3 is 3.00 bits per heavy atom. The highest BCUT2D eigenvalue weighted by molar-refractivity contribution is 5.31. The zero-order valence-electron chi connectivity index (χ0n) is 8.23. The van der Waals surface area contributed by atoms with E-state index in [1.807, 2.05) is 18.2 Å². The number of ether oxygens (including phenoxy) is 1. The molecular weight excluding hydrogens is 178 g/mol. The van der Waals surface area contributed by atoms with Gasteiger partial charge in [0.05, 0.1) is 13.2 Å². The molecule has 3 heteroatoms. The summed E-state index contributed by atoms with van der Waals surface area (Å²) in [4.78, 5) is 0. The molecule has 2 rings (SSSR count). The van der Waals surface area contributed by atoms with Crippen molar-refractivity contribution in [2.24, 2.45) is 0 Å². The third-order valence-electron chi connectivity index (χ3n) is 2.60. The van der Waals surface area contributed by atoms with E-state index < -0.39 is 0 Å². The molecule has 0 amide bonds. The number of hydrogen-bond acceptors (Lipinski definition) is 3. The van der Waals surface area contributed by atoms with Gasteiger partial charge in [0.2, 0.25) is 0 Å². The Bertz CT molecular complexity index is 314. The minimum Gasteiger partial charge on any atom is -0.497 e. The molecule has 1 saturated heterocycles. The van der Waals surface area contributed by atoms with Crippen LogP contribution in [0.1, 0.15) is 18.0 Å². The number of rotatable bonds is 2. The second-order valence-electron chi connectivity index (χ2n) is 3.63. The predicted octanol–water partition coefficient (Wildman–Crippen LogP) is 1.09. The molecule has 1 aliphatic heterocycles. The Labute approximate surface area is 83.7 Å². The number of β-amino-alcohol motifs (C(OH)–C–C–N with tert-alkyl or cyclic N) is 1. The first-order valence-electron chi connectivity index (χ1n) is 4.85. The predicted molar refractivity (Wildman–Crippen MR) is 54.4 cm³/mol. The van der Waals surface area contributed by atoms with Crippen LogP contribution < -0.4 is 10.1 Å². The fraction of sp³-hybridized carbons (Fsp3) is 0.455. The van der Waals surface area contributed by atoms with Crippen LogP contribution in [0, 0.1) is 0 Å². The van der Waals surface area contributed by atoms with Crippen LogP contribution >= 0.6 is 0 Å². The fourth-order valence-electron chi connectivity index (χ4n) is 1.83. The summed E-state index contributed by atoms with van der Waals surface area (Å²) in [6.45, 7) is 0.682. The van der Waals surface area contributed by atoms with Crippen molar-refractivity contribution < 1.29 is 9.84 Å². The van der Waals surface area contributed by atoms with Gasteiger partial charge in [0.1, 0.15) is 5.75 Å².